The first-order valence-corrected chi connectivity index (χ1v) is 5.59. The molecule has 2 heterocycles. The van der Waals surface area contributed by atoms with Crippen LogP contribution in [0.2, 0.25) is 0 Å². The number of aromatic nitrogens is 1. The lowest BCUT2D eigenvalue weighted by atomic mass is 10.1. The van der Waals surface area contributed by atoms with Crippen molar-refractivity contribution in [2.24, 2.45) is 0 Å². The van der Waals surface area contributed by atoms with Crippen molar-refractivity contribution in [1.29, 1.82) is 5.26 Å². The molecule has 1 saturated heterocycles. The van der Waals surface area contributed by atoms with E-state index >= 15 is 0 Å². The minimum Gasteiger partial charge on any atom is -0.381 e. The van der Waals surface area contributed by atoms with Crippen LogP contribution in [0.3, 0.4) is 0 Å². The molecular weight excluding hydrogens is 200 g/mol. The average molecular weight is 216 g/mol. The van der Waals surface area contributed by atoms with Gasteiger partial charge in [0.1, 0.15) is 11.8 Å². The molecule has 1 fully saturated rings. The van der Waals surface area contributed by atoms with Crippen molar-refractivity contribution in [3.63, 3.8) is 0 Å². The number of piperidine rings is 1. The van der Waals surface area contributed by atoms with Crippen molar-refractivity contribution in [1.82, 2.24) is 9.88 Å². The third kappa shape index (κ3) is 2.71. The van der Waals surface area contributed by atoms with E-state index in [-0.39, 0.29) is 0 Å². The highest BCUT2D eigenvalue weighted by Gasteiger charge is 2.16. The predicted molar refractivity (Wildman–Crippen MR) is 63.1 cm³/mol. The lowest BCUT2D eigenvalue weighted by Crippen LogP contribution is -2.39. The van der Waals surface area contributed by atoms with E-state index in [1.54, 1.807) is 12.3 Å². The number of rotatable bonds is 2. The van der Waals surface area contributed by atoms with Crippen LogP contribution in [0, 0.1) is 11.3 Å². The van der Waals surface area contributed by atoms with Crippen LogP contribution in [0.5, 0.6) is 0 Å². The monoisotopic (exact) mass is 216 g/mol. The Morgan fingerprint density at radius 1 is 1.62 bits per heavy atom. The first-order chi connectivity index (χ1) is 7.78. The van der Waals surface area contributed by atoms with Gasteiger partial charge in [-0.25, -0.2) is 4.98 Å². The summed E-state index contributed by atoms with van der Waals surface area (Å²) in [6, 6.07) is 6.24. The fraction of sp³-hybridized carbons (Fsp3) is 0.500. The largest absolute Gasteiger partial charge is 0.381 e. The Morgan fingerprint density at radius 3 is 3.25 bits per heavy atom. The molecule has 0 bridgehead atoms. The van der Waals surface area contributed by atoms with E-state index < -0.39 is 0 Å². The van der Waals surface area contributed by atoms with Gasteiger partial charge in [0.05, 0.1) is 0 Å². The van der Waals surface area contributed by atoms with Crippen molar-refractivity contribution in [3.05, 3.63) is 24.0 Å². The van der Waals surface area contributed by atoms with Crippen molar-refractivity contribution >= 4 is 5.69 Å². The summed E-state index contributed by atoms with van der Waals surface area (Å²) in [4.78, 5) is 6.28. The summed E-state index contributed by atoms with van der Waals surface area (Å²) in [6.45, 7) is 2.24. The molecular formula is C12H16N4. The Bertz CT molecular complexity index is 396. The highest BCUT2D eigenvalue weighted by atomic mass is 15.1. The number of pyridine rings is 1. The van der Waals surface area contributed by atoms with Gasteiger partial charge in [-0.15, -0.1) is 0 Å². The normalized spacial score (nSPS) is 21.4. The van der Waals surface area contributed by atoms with Crippen LogP contribution < -0.4 is 5.32 Å². The molecule has 1 atom stereocenters. The molecule has 0 aliphatic carbocycles. The number of likely N-dealkylation sites (tertiary alicyclic amines) is 1. The number of anilines is 1. The molecule has 0 saturated carbocycles. The summed E-state index contributed by atoms with van der Waals surface area (Å²) >= 11 is 0. The molecule has 0 radical (unpaired) electrons. The molecule has 4 heteroatoms. The Balaban J connectivity index is 2.00. The zero-order valence-electron chi connectivity index (χ0n) is 9.48. The van der Waals surface area contributed by atoms with E-state index in [4.69, 9.17) is 5.26 Å². The maximum absolute atomic E-state index is 8.76. The molecule has 1 aromatic heterocycles. The van der Waals surface area contributed by atoms with E-state index in [1.807, 2.05) is 6.07 Å². The maximum atomic E-state index is 8.76. The number of likely N-dealkylation sites (N-methyl/N-ethyl adjacent to an activating group) is 1. The minimum absolute atomic E-state index is 0.467. The maximum Gasteiger partial charge on any atom is 0.142 e. The predicted octanol–water partition coefficient (Wildman–Crippen LogP) is 1.46. The number of nitrogens with one attached hydrogen (secondary N) is 1. The topological polar surface area (TPSA) is 52.0 Å². The smallest absolute Gasteiger partial charge is 0.142 e. The van der Waals surface area contributed by atoms with Gasteiger partial charge in [0, 0.05) is 24.5 Å². The SMILES string of the molecule is CN1CCCC(Nc2ccnc(C#N)c2)C1. The number of nitriles is 1. The first kappa shape index (κ1) is 10.9. The van der Waals surface area contributed by atoms with Crippen LogP contribution in [0.1, 0.15) is 18.5 Å². The third-order valence-corrected chi connectivity index (χ3v) is 2.87. The molecule has 1 unspecified atom stereocenters. The third-order valence-electron chi connectivity index (χ3n) is 2.87. The molecule has 0 aromatic carbocycles. The molecule has 1 aliphatic rings. The number of hydrogen-bond acceptors (Lipinski definition) is 4. The number of hydrogen-bond donors (Lipinski definition) is 1. The first-order valence-electron chi connectivity index (χ1n) is 5.59. The van der Waals surface area contributed by atoms with E-state index in [2.05, 4.69) is 28.3 Å². The summed E-state index contributed by atoms with van der Waals surface area (Å²) < 4.78 is 0. The van der Waals surface area contributed by atoms with Crippen LogP contribution in [0.15, 0.2) is 18.3 Å². The van der Waals surface area contributed by atoms with Gasteiger partial charge in [0.15, 0.2) is 0 Å². The average Bonchev–Trinajstić information content (AvgIpc) is 2.29. The lowest BCUT2D eigenvalue weighted by molar-refractivity contribution is 0.261. The van der Waals surface area contributed by atoms with Crippen molar-refractivity contribution in [2.45, 2.75) is 18.9 Å². The molecule has 0 amide bonds. The van der Waals surface area contributed by atoms with E-state index in [9.17, 15) is 0 Å². The van der Waals surface area contributed by atoms with Crippen molar-refractivity contribution < 1.29 is 0 Å². The Morgan fingerprint density at radius 2 is 2.50 bits per heavy atom. The summed E-state index contributed by atoms with van der Waals surface area (Å²) in [5.74, 6) is 0. The quantitative estimate of drug-likeness (QED) is 0.813. The van der Waals surface area contributed by atoms with Gasteiger partial charge in [-0.2, -0.15) is 5.26 Å². The number of nitrogens with zero attached hydrogens (tertiary/aromatic N) is 3. The standard InChI is InChI=1S/C12H16N4/c1-16-6-2-3-11(9-16)15-10-4-5-14-12(7-10)8-13/h4-5,7,11H,2-3,6,9H2,1H3,(H,14,15). The van der Waals surface area contributed by atoms with Crippen LogP contribution in [0.25, 0.3) is 0 Å². The Hall–Kier alpha value is -1.60. The molecule has 1 aliphatic heterocycles. The second kappa shape index (κ2) is 4.95. The van der Waals surface area contributed by atoms with Gasteiger partial charge in [-0.05, 0) is 38.6 Å². The molecule has 16 heavy (non-hydrogen) atoms. The minimum atomic E-state index is 0.467. The molecule has 4 nitrogen and oxygen atoms in total. The zero-order valence-corrected chi connectivity index (χ0v) is 9.48. The summed E-state index contributed by atoms with van der Waals surface area (Å²) in [6.07, 6.45) is 4.09. The van der Waals surface area contributed by atoms with Gasteiger partial charge in [-0.3, -0.25) is 0 Å². The Labute approximate surface area is 95.9 Å². The van der Waals surface area contributed by atoms with Gasteiger partial charge in [-0.1, -0.05) is 0 Å². The second-order valence-corrected chi connectivity index (χ2v) is 4.29. The van der Waals surface area contributed by atoms with E-state index in [1.165, 1.54) is 19.4 Å². The summed E-state index contributed by atoms with van der Waals surface area (Å²) in [5.41, 5.74) is 1.46. The van der Waals surface area contributed by atoms with E-state index in [0.717, 1.165) is 12.2 Å². The van der Waals surface area contributed by atoms with Gasteiger partial charge >= 0.3 is 0 Å². The highest BCUT2D eigenvalue weighted by Crippen LogP contribution is 2.15. The van der Waals surface area contributed by atoms with Crippen LogP contribution in [-0.4, -0.2) is 36.1 Å². The second-order valence-electron chi connectivity index (χ2n) is 4.29. The van der Waals surface area contributed by atoms with Gasteiger partial charge in [0.2, 0.25) is 0 Å². The van der Waals surface area contributed by atoms with Crippen molar-refractivity contribution in [2.75, 3.05) is 25.5 Å². The van der Waals surface area contributed by atoms with Gasteiger partial charge < -0.3 is 10.2 Å². The van der Waals surface area contributed by atoms with E-state index in [0.29, 0.717) is 11.7 Å². The molecule has 1 N–H and O–H groups in total. The lowest BCUT2D eigenvalue weighted by Gasteiger charge is -2.30. The van der Waals surface area contributed by atoms with Crippen LogP contribution in [-0.2, 0) is 0 Å². The Kier molecular flexibility index (Phi) is 3.37. The zero-order chi connectivity index (χ0) is 11.4. The summed E-state index contributed by atoms with van der Waals surface area (Å²) in [5, 5.41) is 12.2. The fourth-order valence-electron chi connectivity index (χ4n) is 2.10. The van der Waals surface area contributed by atoms with Crippen LogP contribution in [0.4, 0.5) is 5.69 Å². The van der Waals surface area contributed by atoms with Crippen molar-refractivity contribution in [3.8, 4) is 6.07 Å². The highest BCUT2D eigenvalue weighted by molar-refractivity contribution is 5.46. The molecule has 2 rings (SSSR count). The van der Waals surface area contributed by atoms with Gasteiger partial charge in [0.25, 0.3) is 0 Å². The molecule has 84 valence electrons. The van der Waals surface area contributed by atoms with Crippen LogP contribution >= 0.6 is 0 Å². The molecule has 1 aromatic rings. The molecule has 0 spiro atoms. The fourth-order valence-corrected chi connectivity index (χ4v) is 2.10. The summed E-state index contributed by atoms with van der Waals surface area (Å²) in [7, 11) is 2.14.